The maximum absolute atomic E-state index is 10.5. The SMILES string of the molecule is CCCCC(O)OC(=O)CCl. The van der Waals surface area contributed by atoms with Crippen LogP contribution >= 0.6 is 11.6 Å². The largest absolute Gasteiger partial charge is 0.435 e. The molecule has 0 radical (unpaired) electrons. The molecule has 0 saturated carbocycles. The Balaban J connectivity index is 3.35. The van der Waals surface area contributed by atoms with E-state index in [2.05, 4.69) is 4.74 Å². The highest BCUT2D eigenvalue weighted by Gasteiger charge is 2.08. The van der Waals surface area contributed by atoms with Gasteiger partial charge in [-0.2, -0.15) is 0 Å². The van der Waals surface area contributed by atoms with E-state index < -0.39 is 12.3 Å². The molecule has 0 aliphatic heterocycles. The number of hydrogen-bond acceptors (Lipinski definition) is 3. The molecule has 0 aromatic rings. The highest BCUT2D eigenvalue weighted by molar-refractivity contribution is 6.26. The maximum Gasteiger partial charge on any atom is 0.323 e. The van der Waals surface area contributed by atoms with Crippen LogP contribution in [0, 0.1) is 0 Å². The third kappa shape index (κ3) is 6.13. The quantitative estimate of drug-likeness (QED) is 0.394. The smallest absolute Gasteiger partial charge is 0.323 e. The summed E-state index contributed by atoms with van der Waals surface area (Å²) in [5.74, 6) is -0.779. The van der Waals surface area contributed by atoms with Crippen molar-refractivity contribution in [2.45, 2.75) is 32.5 Å². The average Bonchev–Trinajstić information content (AvgIpc) is 2.00. The molecule has 0 amide bonds. The first-order chi connectivity index (χ1) is 5.20. The number of halogens is 1. The number of aliphatic hydroxyl groups excluding tert-OH is 1. The molecule has 1 N–H and O–H groups in total. The van der Waals surface area contributed by atoms with Gasteiger partial charge in [0.15, 0.2) is 0 Å². The van der Waals surface area contributed by atoms with E-state index in [1.807, 2.05) is 6.92 Å². The van der Waals surface area contributed by atoms with Crippen molar-refractivity contribution in [1.82, 2.24) is 0 Å². The Morgan fingerprint density at radius 2 is 2.36 bits per heavy atom. The lowest BCUT2D eigenvalue weighted by Gasteiger charge is -2.09. The summed E-state index contributed by atoms with van der Waals surface area (Å²) in [6, 6.07) is 0. The number of ether oxygens (including phenoxy) is 1. The topological polar surface area (TPSA) is 46.5 Å². The van der Waals surface area contributed by atoms with Gasteiger partial charge in [0.2, 0.25) is 6.29 Å². The maximum atomic E-state index is 10.5. The molecule has 0 aliphatic rings. The Morgan fingerprint density at radius 1 is 1.73 bits per heavy atom. The van der Waals surface area contributed by atoms with Crippen molar-refractivity contribution in [2.24, 2.45) is 0 Å². The lowest BCUT2D eigenvalue weighted by atomic mass is 10.2. The first kappa shape index (κ1) is 10.7. The van der Waals surface area contributed by atoms with E-state index in [1.54, 1.807) is 0 Å². The summed E-state index contributed by atoms with van der Waals surface area (Å²) in [7, 11) is 0. The summed E-state index contributed by atoms with van der Waals surface area (Å²) in [4.78, 5) is 10.5. The molecule has 4 heteroatoms. The summed E-state index contributed by atoms with van der Waals surface area (Å²) in [6.07, 6.45) is 1.31. The lowest BCUT2D eigenvalue weighted by Crippen LogP contribution is -2.18. The van der Waals surface area contributed by atoms with Gasteiger partial charge in [-0.1, -0.05) is 13.3 Å². The third-order valence-corrected chi connectivity index (χ3v) is 1.40. The molecule has 3 nitrogen and oxygen atoms in total. The van der Waals surface area contributed by atoms with E-state index in [4.69, 9.17) is 16.7 Å². The van der Waals surface area contributed by atoms with Gasteiger partial charge in [-0.05, 0) is 6.42 Å². The molecular formula is C7H13ClO3. The molecule has 0 aromatic carbocycles. The van der Waals surface area contributed by atoms with Crippen LogP contribution in [-0.2, 0) is 9.53 Å². The summed E-state index contributed by atoms with van der Waals surface area (Å²) in [5, 5.41) is 8.98. The van der Waals surface area contributed by atoms with Gasteiger partial charge in [0, 0.05) is 6.42 Å². The Bertz CT molecular complexity index is 116. The Morgan fingerprint density at radius 3 is 2.82 bits per heavy atom. The minimum absolute atomic E-state index is 0.205. The predicted octanol–water partition coefficient (Wildman–Crippen LogP) is 1.28. The monoisotopic (exact) mass is 180 g/mol. The number of carbonyl (C=O) groups is 1. The zero-order chi connectivity index (χ0) is 8.69. The van der Waals surface area contributed by atoms with Crippen LogP contribution in [0.5, 0.6) is 0 Å². The fourth-order valence-electron chi connectivity index (χ4n) is 0.621. The van der Waals surface area contributed by atoms with Crippen LogP contribution in [0.2, 0.25) is 0 Å². The number of esters is 1. The van der Waals surface area contributed by atoms with Crippen LogP contribution in [0.25, 0.3) is 0 Å². The lowest BCUT2D eigenvalue weighted by molar-refractivity contribution is -0.165. The molecule has 0 spiro atoms. The zero-order valence-electron chi connectivity index (χ0n) is 6.55. The first-order valence-corrected chi connectivity index (χ1v) is 4.17. The van der Waals surface area contributed by atoms with Gasteiger partial charge in [0.25, 0.3) is 0 Å². The fraction of sp³-hybridized carbons (Fsp3) is 0.857. The molecule has 0 rings (SSSR count). The van der Waals surface area contributed by atoms with E-state index in [0.717, 1.165) is 12.8 Å². The minimum Gasteiger partial charge on any atom is -0.435 e. The highest BCUT2D eigenvalue weighted by atomic mass is 35.5. The number of hydrogen-bond donors (Lipinski definition) is 1. The Hall–Kier alpha value is -0.280. The van der Waals surface area contributed by atoms with E-state index in [-0.39, 0.29) is 5.88 Å². The van der Waals surface area contributed by atoms with Crippen LogP contribution in [-0.4, -0.2) is 23.2 Å². The second-order valence-electron chi connectivity index (χ2n) is 2.22. The van der Waals surface area contributed by atoms with Crippen LogP contribution < -0.4 is 0 Å². The van der Waals surface area contributed by atoms with Gasteiger partial charge >= 0.3 is 5.97 Å². The fourth-order valence-corrected chi connectivity index (χ4v) is 0.684. The molecule has 0 fully saturated rings. The van der Waals surface area contributed by atoms with E-state index in [1.165, 1.54) is 0 Å². The van der Waals surface area contributed by atoms with Gasteiger partial charge in [0.05, 0.1) is 0 Å². The summed E-state index contributed by atoms with van der Waals surface area (Å²) >= 11 is 5.14. The van der Waals surface area contributed by atoms with Crippen LogP contribution in [0.4, 0.5) is 0 Å². The van der Waals surface area contributed by atoms with Crippen molar-refractivity contribution in [2.75, 3.05) is 5.88 Å². The normalized spacial score (nSPS) is 12.6. The van der Waals surface area contributed by atoms with Gasteiger partial charge in [-0.3, -0.25) is 4.79 Å². The number of carbonyl (C=O) groups excluding carboxylic acids is 1. The van der Waals surface area contributed by atoms with Crippen molar-refractivity contribution < 1.29 is 14.6 Å². The van der Waals surface area contributed by atoms with Crippen LogP contribution in [0.3, 0.4) is 0 Å². The molecule has 0 aliphatic carbocycles. The number of unbranched alkanes of at least 4 members (excludes halogenated alkanes) is 1. The second kappa shape index (κ2) is 6.43. The van der Waals surface area contributed by atoms with Crippen molar-refractivity contribution in [3.05, 3.63) is 0 Å². The number of alkyl halides is 1. The predicted molar refractivity (Wildman–Crippen MR) is 42.3 cm³/mol. The van der Waals surface area contributed by atoms with Crippen molar-refractivity contribution in [3.8, 4) is 0 Å². The van der Waals surface area contributed by atoms with Crippen molar-refractivity contribution >= 4 is 17.6 Å². The summed E-state index contributed by atoms with van der Waals surface area (Å²) < 4.78 is 4.49. The molecule has 66 valence electrons. The number of rotatable bonds is 5. The molecule has 0 aromatic heterocycles. The van der Waals surface area contributed by atoms with Gasteiger partial charge in [-0.25, -0.2) is 0 Å². The Labute approximate surface area is 71.3 Å². The van der Waals surface area contributed by atoms with E-state index in [9.17, 15) is 4.79 Å². The number of aliphatic hydroxyl groups is 1. The highest BCUT2D eigenvalue weighted by Crippen LogP contribution is 2.01. The molecule has 11 heavy (non-hydrogen) atoms. The first-order valence-electron chi connectivity index (χ1n) is 3.64. The van der Waals surface area contributed by atoms with Crippen LogP contribution in [0.1, 0.15) is 26.2 Å². The average molecular weight is 181 g/mol. The van der Waals surface area contributed by atoms with E-state index >= 15 is 0 Å². The van der Waals surface area contributed by atoms with Gasteiger partial charge in [-0.15, -0.1) is 11.6 Å². The molecule has 1 atom stereocenters. The molecular weight excluding hydrogens is 168 g/mol. The molecule has 0 bridgehead atoms. The van der Waals surface area contributed by atoms with Crippen molar-refractivity contribution in [1.29, 1.82) is 0 Å². The molecule has 0 heterocycles. The zero-order valence-corrected chi connectivity index (χ0v) is 7.30. The second-order valence-corrected chi connectivity index (χ2v) is 2.49. The third-order valence-electron chi connectivity index (χ3n) is 1.18. The summed E-state index contributed by atoms with van der Waals surface area (Å²) in [5.41, 5.74) is 0. The van der Waals surface area contributed by atoms with E-state index in [0.29, 0.717) is 6.42 Å². The van der Waals surface area contributed by atoms with Crippen molar-refractivity contribution in [3.63, 3.8) is 0 Å². The minimum atomic E-state index is -0.985. The molecule has 0 saturated heterocycles. The Kier molecular flexibility index (Phi) is 6.27. The van der Waals surface area contributed by atoms with Gasteiger partial charge in [0.1, 0.15) is 5.88 Å². The van der Waals surface area contributed by atoms with Gasteiger partial charge < -0.3 is 9.84 Å². The molecule has 1 unspecified atom stereocenters. The summed E-state index contributed by atoms with van der Waals surface area (Å²) in [6.45, 7) is 2.00. The standard InChI is InChI=1S/C7H13ClO3/c1-2-3-4-6(9)11-7(10)5-8/h6,9H,2-5H2,1H3. The van der Waals surface area contributed by atoms with Crippen LogP contribution in [0.15, 0.2) is 0 Å².